The van der Waals surface area contributed by atoms with Gasteiger partial charge >= 0.3 is 13.6 Å². The monoisotopic (exact) mass is 196 g/mol. The standard InChI is InChI=1S/C6H13O5P/c1-5(6(7)9-2)12(8,10-3)11-4/h5H,1-4H3/t5-/m1/s1. The zero-order valence-electron chi connectivity index (χ0n) is 7.57. The fraction of sp³-hybridized carbons (Fsp3) is 0.833. The van der Waals surface area contributed by atoms with Crippen LogP contribution < -0.4 is 0 Å². The van der Waals surface area contributed by atoms with E-state index in [1.807, 2.05) is 0 Å². The van der Waals surface area contributed by atoms with Crippen LogP contribution in [-0.2, 0) is 23.1 Å². The Morgan fingerprint density at radius 2 is 1.67 bits per heavy atom. The van der Waals surface area contributed by atoms with Crippen LogP contribution in [0.25, 0.3) is 0 Å². The van der Waals surface area contributed by atoms with Crippen LogP contribution in [0.2, 0.25) is 0 Å². The summed E-state index contributed by atoms with van der Waals surface area (Å²) in [5.41, 5.74) is -0.891. The third kappa shape index (κ3) is 2.30. The van der Waals surface area contributed by atoms with Gasteiger partial charge in [-0.25, -0.2) is 0 Å². The molecule has 0 bridgehead atoms. The van der Waals surface area contributed by atoms with Gasteiger partial charge in [-0.3, -0.25) is 9.36 Å². The predicted molar refractivity (Wildman–Crippen MR) is 43.1 cm³/mol. The summed E-state index contributed by atoms with van der Waals surface area (Å²) in [6.07, 6.45) is 0. The third-order valence-electron chi connectivity index (χ3n) is 1.53. The summed E-state index contributed by atoms with van der Waals surface area (Å²) in [5.74, 6) is -0.609. The van der Waals surface area contributed by atoms with E-state index in [0.717, 1.165) is 0 Å². The van der Waals surface area contributed by atoms with Crippen LogP contribution in [0.3, 0.4) is 0 Å². The fourth-order valence-electron chi connectivity index (χ4n) is 0.690. The minimum absolute atomic E-state index is 0.609. The summed E-state index contributed by atoms with van der Waals surface area (Å²) < 4.78 is 25.1. The largest absolute Gasteiger partial charge is 0.468 e. The molecule has 0 aliphatic heterocycles. The second kappa shape index (κ2) is 4.60. The first-order chi connectivity index (χ1) is 5.51. The van der Waals surface area contributed by atoms with Crippen LogP contribution in [0, 0.1) is 0 Å². The average Bonchev–Trinajstić information content (AvgIpc) is 2.14. The van der Waals surface area contributed by atoms with Crippen LogP contribution in [0.1, 0.15) is 6.92 Å². The predicted octanol–water partition coefficient (Wildman–Crippen LogP) is 1.03. The maximum absolute atomic E-state index is 11.5. The summed E-state index contributed by atoms with van der Waals surface area (Å²) in [5, 5.41) is 0. The molecule has 0 aromatic rings. The number of rotatable bonds is 4. The Hall–Kier alpha value is -0.380. The molecule has 0 radical (unpaired) electrons. The minimum Gasteiger partial charge on any atom is -0.468 e. The molecule has 6 heteroatoms. The molecule has 0 aromatic carbocycles. The SMILES string of the molecule is COC(=O)[C@@H](C)P(=O)(OC)OC. The van der Waals surface area contributed by atoms with Gasteiger partial charge in [0, 0.05) is 14.2 Å². The Balaban J connectivity index is 4.53. The number of esters is 1. The van der Waals surface area contributed by atoms with Crippen molar-refractivity contribution in [2.24, 2.45) is 0 Å². The maximum Gasteiger partial charge on any atom is 0.344 e. The van der Waals surface area contributed by atoms with Crippen LogP contribution in [0.5, 0.6) is 0 Å². The normalized spacial score (nSPS) is 14.0. The molecule has 0 aliphatic rings. The van der Waals surface area contributed by atoms with Crippen LogP contribution in [-0.4, -0.2) is 33.0 Å². The minimum atomic E-state index is -3.32. The molecule has 72 valence electrons. The molecule has 1 atom stereocenters. The summed E-state index contributed by atoms with van der Waals surface area (Å²) in [6, 6.07) is 0. The zero-order chi connectivity index (χ0) is 9.78. The number of hydrogen-bond donors (Lipinski definition) is 0. The number of hydrogen-bond acceptors (Lipinski definition) is 5. The number of carbonyl (C=O) groups excluding carboxylic acids is 1. The van der Waals surface area contributed by atoms with Crippen molar-refractivity contribution in [3.8, 4) is 0 Å². The Kier molecular flexibility index (Phi) is 4.45. The molecule has 0 aromatic heterocycles. The van der Waals surface area contributed by atoms with Crippen LogP contribution in [0.15, 0.2) is 0 Å². The van der Waals surface area contributed by atoms with Gasteiger partial charge in [-0.2, -0.15) is 0 Å². The van der Waals surface area contributed by atoms with Crippen molar-refractivity contribution in [2.45, 2.75) is 12.6 Å². The first-order valence-electron chi connectivity index (χ1n) is 3.30. The molecular formula is C6H13O5P. The molecular weight excluding hydrogens is 183 g/mol. The zero-order valence-corrected chi connectivity index (χ0v) is 8.46. The highest BCUT2D eigenvalue weighted by Gasteiger charge is 2.36. The van der Waals surface area contributed by atoms with Gasteiger partial charge < -0.3 is 13.8 Å². The molecule has 5 nitrogen and oxygen atoms in total. The van der Waals surface area contributed by atoms with Crippen molar-refractivity contribution in [3.63, 3.8) is 0 Å². The Morgan fingerprint density at radius 3 is 1.92 bits per heavy atom. The number of methoxy groups -OCH3 is 1. The van der Waals surface area contributed by atoms with Crippen LogP contribution in [0.4, 0.5) is 0 Å². The highest BCUT2D eigenvalue weighted by atomic mass is 31.2. The molecule has 0 spiro atoms. The molecule has 0 fully saturated rings. The average molecular weight is 196 g/mol. The quantitative estimate of drug-likeness (QED) is 0.496. The van der Waals surface area contributed by atoms with E-state index in [2.05, 4.69) is 13.8 Å². The topological polar surface area (TPSA) is 61.8 Å². The van der Waals surface area contributed by atoms with E-state index in [1.54, 1.807) is 0 Å². The molecule has 12 heavy (non-hydrogen) atoms. The van der Waals surface area contributed by atoms with E-state index >= 15 is 0 Å². The van der Waals surface area contributed by atoms with Gasteiger partial charge in [-0.1, -0.05) is 0 Å². The lowest BCUT2D eigenvalue weighted by molar-refractivity contribution is -0.140. The van der Waals surface area contributed by atoms with Crippen molar-refractivity contribution in [3.05, 3.63) is 0 Å². The van der Waals surface area contributed by atoms with Gasteiger partial charge in [0.2, 0.25) is 0 Å². The van der Waals surface area contributed by atoms with Crippen LogP contribution >= 0.6 is 7.60 Å². The van der Waals surface area contributed by atoms with E-state index in [0.29, 0.717) is 0 Å². The van der Waals surface area contributed by atoms with Gasteiger partial charge in [0.25, 0.3) is 0 Å². The Bertz CT molecular complexity index is 194. The molecule has 0 saturated heterocycles. The Morgan fingerprint density at radius 1 is 1.25 bits per heavy atom. The van der Waals surface area contributed by atoms with Crippen molar-refractivity contribution in [2.75, 3.05) is 21.3 Å². The van der Waals surface area contributed by atoms with Crippen molar-refractivity contribution < 1.29 is 23.1 Å². The Labute approximate surface area is 71.5 Å². The van der Waals surface area contributed by atoms with E-state index in [9.17, 15) is 9.36 Å². The van der Waals surface area contributed by atoms with Gasteiger partial charge in [-0.15, -0.1) is 0 Å². The lowest BCUT2D eigenvalue weighted by atomic mass is 10.5. The second-order valence-electron chi connectivity index (χ2n) is 2.10. The molecule has 0 unspecified atom stereocenters. The highest BCUT2D eigenvalue weighted by molar-refractivity contribution is 7.55. The number of ether oxygens (including phenoxy) is 1. The number of carbonyl (C=O) groups is 1. The van der Waals surface area contributed by atoms with Gasteiger partial charge in [0.1, 0.15) is 0 Å². The molecule has 0 amide bonds. The smallest absolute Gasteiger partial charge is 0.344 e. The maximum atomic E-state index is 11.5. The molecule has 0 N–H and O–H groups in total. The molecule has 0 saturated carbocycles. The van der Waals surface area contributed by atoms with Crippen molar-refractivity contribution in [1.82, 2.24) is 0 Å². The third-order valence-corrected chi connectivity index (χ3v) is 3.70. The summed E-state index contributed by atoms with van der Waals surface area (Å²) in [4.78, 5) is 10.9. The highest BCUT2D eigenvalue weighted by Crippen LogP contribution is 2.51. The van der Waals surface area contributed by atoms with Gasteiger partial charge in [-0.05, 0) is 6.92 Å². The van der Waals surface area contributed by atoms with E-state index in [1.165, 1.54) is 28.3 Å². The lowest BCUT2D eigenvalue weighted by Gasteiger charge is -2.18. The second-order valence-corrected chi connectivity index (χ2v) is 4.69. The molecule has 0 heterocycles. The first-order valence-corrected chi connectivity index (χ1v) is 4.92. The van der Waals surface area contributed by atoms with E-state index in [-0.39, 0.29) is 0 Å². The lowest BCUT2D eigenvalue weighted by Crippen LogP contribution is -2.20. The molecule has 0 rings (SSSR count). The van der Waals surface area contributed by atoms with Gasteiger partial charge in [0.05, 0.1) is 7.11 Å². The summed E-state index contributed by atoms with van der Waals surface area (Å²) in [7, 11) is 0.349. The van der Waals surface area contributed by atoms with Gasteiger partial charge in [0.15, 0.2) is 5.66 Å². The van der Waals surface area contributed by atoms with E-state index in [4.69, 9.17) is 0 Å². The summed E-state index contributed by atoms with van der Waals surface area (Å²) >= 11 is 0. The van der Waals surface area contributed by atoms with Crippen molar-refractivity contribution >= 4 is 13.6 Å². The van der Waals surface area contributed by atoms with Crippen molar-refractivity contribution in [1.29, 1.82) is 0 Å². The first kappa shape index (κ1) is 11.6. The van der Waals surface area contributed by atoms with E-state index < -0.39 is 19.2 Å². The fourth-order valence-corrected chi connectivity index (χ4v) is 1.84. The molecule has 0 aliphatic carbocycles. The summed E-state index contributed by atoms with van der Waals surface area (Å²) in [6.45, 7) is 1.43.